The lowest BCUT2D eigenvalue weighted by molar-refractivity contribution is -0.118. The van der Waals surface area contributed by atoms with Crippen LogP contribution < -0.4 is 9.62 Å². The van der Waals surface area contributed by atoms with Crippen molar-refractivity contribution in [3.05, 3.63) is 90.0 Å². The van der Waals surface area contributed by atoms with Gasteiger partial charge in [0.25, 0.3) is 0 Å². The van der Waals surface area contributed by atoms with Crippen molar-refractivity contribution in [3.63, 3.8) is 0 Å². The standard InChI is InChI=1S/C25H19ClFN3O3S/c26-20-6-3-17-13-21(7-4-16(17)12-20)34(32,33)29-23-9-11-30(25(23)31)24-8-5-18(14-22(24)27)19-2-1-10-28-15-19/h1-8,10,12-15,23,29H,9,11H2/t23-/m0/s1. The third-order valence-electron chi connectivity index (χ3n) is 5.82. The molecule has 1 amide bonds. The van der Waals surface area contributed by atoms with Crippen molar-refractivity contribution in [1.82, 2.24) is 9.71 Å². The molecule has 1 aromatic heterocycles. The van der Waals surface area contributed by atoms with Crippen LogP contribution in [0, 0.1) is 5.82 Å². The van der Waals surface area contributed by atoms with Crippen LogP contribution in [0.15, 0.2) is 84.0 Å². The quantitative estimate of drug-likeness (QED) is 0.432. The molecule has 0 saturated carbocycles. The maximum atomic E-state index is 14.9. The van der Waals surface area contributed by atoms with Gasteiger partial charge in [-0.15, -0.1) is 0 Å². The molecule has 0 spiro atoms. The number of nitrogens with one attached hydrogen (secondary N) is 1. The Hall–Kier alpha value is -3.33. The average molecular weight is 496 g/mol. The highest BCUT2D eigenvalue weighted by Gasteiger charge is 2.36. The first-order valence-electron chi connectivity index (χ1n) is 10.5. The molecular formula is C25H19ClFN3O3S. The first kappa shape index (κ1) is 22.5. The second kappa shape index (κ2) is 8.79. The van der Waals surface area contributed by atoms with Gasteiger partial charge in [0, 0.05) is 29.5 Å². The van der Waals surface area contributed by atoms with Crippen LogP contribution in [0.2, 0.25) is 5.02 Å². The van der Waals surface area contributed by atoms with Crippen molar-refractivity contribution in [2.75, 3.05) is 11.4 Å². The zero-order chi connectivity index (χ0) is 23.9. The number of hydrogen-bond acceptors (Lipinski definition) is 4. The van der Waals surface area contributed by atoms with Crippen LogP contribution >= 0.6 is 11.6 Å². The smallest absolute Gasteiger partial charge is 0.245 e. The number of fused-ring (bicyclic) bond motifs is 1. The largest absolute Gasteiger partial charge is 0.308 e. The molecule has 1 fully saturated rings. The van der Waals surface area contributed by atoms with Gasteiger partial charge in [-0.2, -0.15) is 4.72 Å². The van der Waals surface area contributed by atoms with Gasteiger partial charge in [-0.25, -0.2) is 12.8 Å². The van der Waals surface area contributed by atoms with E-state index >= 15 is 0 Å². The molecule has 2 heterocycles. The van der Waals surface area contributed by atoms with E-state index in [-0.39, 0.29) is 23.5 Å². The molecule has 1 atom stereocenters. The Labute approximate surface area is 201 Å². The summed E-state index contributed by atoms with van der Waals surface area (Å²) in [4.78, 5) is 18.3. The maximum absolute atomic E-state index is 14.9. The number of carbonyl (C=O) groups excluding carboxylic acids is 1. The third kappa shape index (κ3) is 4.27. The van der Waals surface area contributed by atoms with Crippen LogP contribution in [0.1, 0.15) is 6.42 Å². The number of carbonyl (C=O) groups is 1. The van der Waals surface area contributed by atoms with E-state index in [1.807, 2.05) is 6.07 Å². The predicted octanol–water partition coefficient (Wildman–Crippen LogP) is 4.78. The van der Waals surface area contributed by atoms with Crippen LogP contribution in [-0.4, -0.2) is 31.9 Å². The summed E-state index contributed by atoms with van der Waals surface area (Å²) < 4.78 is 43.3. The lowest BCUT2D eigenvalue weighted by Crippen LogP contribution is -2.41. The molecule has 34 heavy (non-hydrogen) atoms. The van der Waals surface area contributed by atoms with Gasteiger partial charge in [0.1, 0.15) is 11.9 Å². The molecule has 0 unspecified atom stereocenters. The summed E-state index contributed by atoms with van der Waals surface area (Å²) in [6.07, 6.45) is 3.48. The molecule has 1 saturated heterocycles. The SMILES string of the molecule is O=C1[C@@H](NS(=O)(=O)c2ccc3cc(Cl)ccc3c2)CCN1c1ccc(-c2cccnc2)cc1F. The maximum Gasteiger partial charge on any atom is 0.245 e. The molecule has 0 bridgehead atoms. The Bertz CT molecular complexity index is 1510. The van der Waals surface area contributed by atoms with Crippen LogP contribution in [0.4, 0.5) is 10.1 Å². The summed E-state index contributed by atoms with van der Waals surface area (Å²) in [5.74, 6) is -1.06. The Morgan fingerprint density at radius 2 is 1.79 bits per heavy atom. The third-order valence-corrected chi connectivity index (χ3v) is 7.52. The van der Waals surface area contributed by atoms with E-state index in [1.54, 1.807) is 48.8 Å². The Morgan fingerprint density at radius 3 is 2.56 bits per heavy atom. The minimum Gasteiger partial charge on any atom is -0.308 e. The van der Waals surface area contributed by atoms with Gasteiger partial charge in [0.15, 0.2) is 0 Å². The van der Waals surface area contributed by atoms with E-state index in [1.165, 1.54) is 29.2 Å². The van der Waals surface area contributed by atoms with Crippen molar-refractivity contribution >= 4 is 44.0 Å². The minimum atomic E-state index is -3.97. The highest BCUT2D eigenvalue weighted by atomic mass is 35.5. The predicted molar refractivity (Wildman–Crippen MR) is 130 cm³/mol. The van der Waals surface area contributed by atoms with Gasteiger partial charge in [0.05, 0.1) is 10.6 Å². The lowest BCUT2D eigenvalue weighted by Gasteiger charge is -2.19. The van der Waals surface area contributed by atoms with Crippen molar-refractivity contribution in [3.8, 4) is 11.1 Å². The van der Waals surface area contributed by atoms with Crippen LogP contribution in [0.25, 0.3) is 21.9 Å². The molecule has 9 heteroatoms. The van der Waals surface area contributed by atoms with Gasteiger partial charge in [-0.1, -0.05) is 35.9 Å². The molecule has 6 nitrogen and oxygen atoms in total. The van der Waals surface area contributed by atoms with Crippen molar-refractivity contribution < 1.29 is 17.6 Å². The van der Waals surface area contributed by atoms with Gasteiger partial charge in [-0.3, -0.25) is 9.78 Å². The first-order valence-corrected chi connectivity index (χ1v) is 12.4. The number of nitrogens with zero attached hydrogens (tertiary/aromatic N) is 2. The van der Waals surface area contributed by atoms with E-state index in [0.717, 1.165) is 10.9 Å². The number of sulfonamides is 1. The Kier molecular flexibility index (Phi) is 5.81. The Balaban J connectivity index is 1.35. The second-order valence-electron chi connectivity index (χ2n) is 8.01. The number of pyridine rings is 1. The van der Waals surface area contributed by atoms with Crippen LogP contribution in [0.5, 0.6) is 0 Å². The number of amides is 1. The first-order chi connectivity index (χ1) is 16.3. The molecule has 1 N–H and O–H groups in total. The number of hydrogen-bond donors (Lipinski definition) is 1. The molecule has 172 valence electrons. The summed E-state index contributed by atoms with van der Waals surface area (Å²) >= 11 is 5.99. The van der Waals surface area contributed by atoms with E-state index in [4.69, 9.17) is 11.6 Å². The van der Waals surface area contributed by atoms with Crippen molar-refractivity contribution in [2.45, 2.75) is 17.4 Å². The molecular weight excluding hydrogens is 477 g/mol. The molecule has 4 aromatic rings. The number of halogens is 2. The topological polar surface area (TPSA) is 79.4 Å². The van der Waals surface area contributed by atoms with Crippen LogP contribution in [0.3, 0.4) is 0 Å². The molecule has 0 aliphatic carbocycles. The average Bonchev–Trinajstić information content (AvgIpc) is 3.18. The fraction of sp³-hybridized carbons (Fsp3) is 0.120. The van der Waals surface area contributed by atoms with E-state index in [0.29, 0.717) is 16.0 Å². The highest BCUT2D eigenvalue weighted by Crippen LogP contribution is 2.30. The fourth-order valence-electron chi connectivity index (χ4n) is 4.08. The van der Waals surface area contributed by atoms with Gasteiger partial charge in [0.2, 0.25) is 15.9 Å². The molecule has 1 aliphatic rings. The summed E-state index contributed by atoms with van der Waals surface area (Å²) in [5.41, 5.74) is 1.50. The second-order valence-corrected chi connectivity index (χ2v) is 10.2. The molecule has 0 radical (unpaired) electrons. The summed E-state index contributed by atoms with van der Waals surface area (Å²) in [6, 6.07) is 17.0. The zero-order valence-electron chi connectivity index (χ0n) is 17.8. The fourth-order valence-corrected chi connectivity index (χ4v) is 5.52. The van der Waals surface area contributed by atoms with Crippen LogP contribution in [-0.2, 0) is 14.8 Å². The van der Waals surface area contributed by atoms with Gasteiger partial charge < -0.3 is 4.90 Å². The zero-order valence-corrected chi connectivity index (χ0v) is 19.4. The van der Waals surface area contributed by atoms with E-state index < -0.39 is 27.8 Å². The lowest BCUT2D eigenvalue weighted by atomic mass is 10.1. The van der Waals surface area contributed by atoms with E-state index in [9.17, 15) is 17.6 Å². The van der Waals surface area contributed by atoms with Crippen molar-refractivity contribution in [2.24, 2.45) is 0 Å². The monoisotopic (exact) mass is 495 g/mol. The number of benzene rings is 3. The molecule has 5 rings (SSSR count). The van der Waals surface area contributed by atoms with Gasteiger partial charge >= 0.3 is 0 Å². The van der Waals surface area contributed by atoms with Crippen molar-refractivity contribution in [1.29, 1.82) is 0 Å². The molecule has 3 aromatic carbocycles. The van der Waals surface area contributed by atoms with E-state index in [2.05, 4.69) is 9.71 Å². The number of anilines is 1. The Morgan fingerprint density at radius 1 is 1.00 bits per heavy atom. The normalized spacial score (nSPS) is 16.4. The summed E-state index contributed by atoms with van der Waals surface area (Å²) in [5, 5.41) is 2.07. The van der Waals surface area contributed by atoms with Gasteiger partial charge in [-0.05, 0) is 65.2 Å². The minimum absolute atomic E-state index is 0.0422. The molecule has 1 aliphatic heterocycles. The summed E-state index contributed by atoms with van der Waals surface area (Å²) in [7, 11) is -3.97. The highest BCUT2D eigenvalue weighted by molar-refractivity contribution is 7.89. The number of rotatable bonds is 5. The number of aromatic nitrogens is 1. The summed E-state index contributed by atoms with van der Waals surface area (Å²) in [6.45, 7) is 0.200.